The number of hydrogen-bond donors (Lipinski definition) is 2. The number of benzene rings is 1. The standard InChI is InChI=1S/C14H16N2O2/c1-3-4-5-9-14(18)16-13-8-6-7-12(10-13)15-11(2)17/h3-10H,1-2H3,(H,15,17)(H,16,18). The Kier molecular flexibility index (Phi) is 5.38. The quantitative estimate of drug-likeness (QED) is 0.632. The SMILES string of the molecule is CC=CC=CC(=O)Nc1cccc(NC(C)=O)c1. The number of allylic oxidation sites excluding steroid dienone is 3. The van der Waals surface area contributed by atoms with Crippen molar-refractivity contribution in [1.29, 1.82) is 0 Å². The van der Waals surface area contributed by atoms with Crippen molar-refractivity contribution in [3.05, 3.63) is 48.6 Å². The highest BCUT2D eigenvalue weighted by Crippen LogP contribution is 2.14. The molecule has 1 aromatic carbocycles. The lowest BCUT2D eigenvalue weighted by Gasteiger charge is -2.05. The van der Waals surface area contributed by atoms with Crippen molar-refractivity contribution in [2.45, 2.75) is 13.8 Å². The van der Waals surface area contributed by atoms with Gasteiger partial charge in [0.05, 0.1) is 0 Å². The van der Waals surface area contributed by atoms with Crippen molar-refractivity contribution in [1.82, 2.24) is 0 Å². The zero-order valence-electron chi connectivity index (χ0n) is 10.4. The van der Waals surface area contributed by atoms with Gasteiger partial charge in [-0.3, -0.25) is 9.59 Å². The zero-order chi connectivity index (χ0) is 13.4. The van der Waals surface area contributed by atoms with E-state index >= 15 is 0 Å². The first kappa shape index (κ1) is 13.7. The molecule has 18 heavy (non-hydrogen) atoms. The Labute approximate surface area is 106 Å². The molecule has 0 spiro atoms. The molecule has 4 nitrogen and oxygen atoms in total. The van der Waals surface area contributed by atoms with E-state index in [9.17, 15) is 9.59 Å². The van der Waals surface area contributed by atoms with Crippen LogP contribution in [0.25, 0.3) is 0 Å². The lowest BCUT2D eigenvalue weighted by molar-refractivity contribution is -0.114. The normalized spacial score (nSPS) is 10.8. The van der Waals surface area contributed by atoms with E-state index in [1.807, 2.05) is 13.0 Å². The molecule has 1 rings (SSSR count). The summed E-state index contributed by atoms with van der Waals surface area (Å²) >= 11 is 0. The van der Waals surface area contributed by atoms with Gasteiger partial charge in [0.2, 0.25) is 11.8 Å². The molecule has 4 heteroatoms. The second-order valence-corrected chi connectivity index (χ2v) is 3.64. The van der Waals surface area contributed by atoms with Crippen LogP contribution in [0, 0.1) is 0 Å². The van der Waals surface area contributed by atoms with Crippen LogP contribution in [0.1, 0.15) is 13.8 Å². The van der Waals surface area contributed by atoms with Gasteiger partial charge in [0.15, 0.2) is 0 Å². The van der Waals surface area contributed by atoms with Gasteiger partial charge in [-0.15, -0.1) is 0 Å². The predicted octanol–water partition coefficient (Wildman–Crippen LogP) is 2.72. The van der Waals surface area contributed by atoms with E-state index in [0.717, 1.165) is 0 Å². The maximum absolute atomic E-state index is 11.5. The lowest BCUT2D eigenvalue weighted by Crippen LogP contribution is -2.09. The molecule has 0 unspecified atom stereocenters. The summed E-state index contributed by atoms with van der Waals surface area (Å²) in [5.41, 5.74) is 1.29. The van der Waals surface area contributed by atoms with E-state index in [2.05, 4.69) is 10.6 Å². The Balaban J connectivity index is 2.67. The van der Waals surface area contributed by atoms with Crippen molar-refractivity contribution in [3.63, 3.8) is 0 Å². The molecule has 0 atom stereocenters. The third-order valence-corrected chi connectivity index (χ3v) is 2.00. The number of rotatable bonds is 4. The minimum atomic E-state index is -0.215. The second-order valence-electron chi connectivity index (χ2n) is 3.64. The van der Waals surface area contributed by atoms with Crippen LogP contribution >= 0.6 is 0 Å². The fourth-order valence-corrected chi connectivity index (χ4v) is 1.32. The van der Waals surface area contributed by atoms with E-state index in [-0.39, 0.29) is 11.8 Å². The van der Waals surface area contributed by atoms with Gasteiger partial charge in [-0.25, -0.2) is 0 Å². The van der Waals surface area contributed by atoms with Crippen molar-refractivity contribution in [2.75, 3.05) is 10.6 Å². The highest BCUT2D eigenvalue weighted by molar-refractivity contribution is 6.00. The van der Waals surface area contributed by atoms with E-state index in [4.69, 9.17) is 0 Å². The Morgan fingerprint density at radius 1 is 1.11 bits per heavy atom. The van der Waals surface area contributed by atoms with Gasteiger partial charge >= 0.3 is 0 Å². The second kappa shape index (κ2) is 7.06. The van der Waals surface area contributed by atoms with Crippen molar-refractivity contribution < 1.29 is 9.59 Å². The lowest BCUT2D eigenvalue weighted by atomic mass is 10.2. The number of anilines is 2. The van der Waals surface area contributed by atoms with Crippen molar-refractivity contribution in [2.24, 2.45) is 0 Å². The molecular weight excluding hydrogens is 228 g/mol. The first-order valence-electron chi connectivity index (χ1n) is 5.60. The largest absolute Gasteiger partial charge is 0.326 e. The molecule has 2 amide bonds. The van der Waals surface area contributed by atoms with Crippen LogP contribution in [0.2, 0.25) is 0 Å². The number of carbonyl (C=O) groups is 2. The van der Waals surface area contributed by atoms with Crippen LogP contribution in [-0.2, 0) is 9.59 Å². The minimum absolute atomic E-state index is 0.147. The van der Waals surface area contributed by atoms with Crippen molar-refractivity contribution >= 4 is 23.2 Å². The number of hydrogen-bond acceptors (Lipinski definition) is 2. The smallest absolute Gasteiger partial charge is 0.248 e. The summed E-state index contributed by atoms with van der Waals surface area (Å²) in [5.74, 6) is -0.362. The topological polar surface area (TPSA) is 58.2 Å². The van der Waals surface area contributed by atoms with Crippen LogP contribution in [0.15, 0.2) is 48.6 Å². The first-order chi connectivity index (χ1) is 8.61. The number of amides is 2. The number of nitrogens with one attached hydrogen (secondary N) is 2. The maximum Gasteiger partial charge on any atom is 0.248 e. The Morgan fingerprint density at radius 3 is 2.39 bits per heavy atom. The average molecular weight is 244 g/mol. The molecule has 0 aliphatic carbocycles. The third kappa shape index (κ3) is 5.12. The Bertz CT molecular complexity index is 490. The van der Waals surface area contributed by atoms with E-state index in [0.29, 0.717) is 11.4 Å². The van der Waals surface area contributed by atoms with Crippen LogP contribution < -0.4 is 10.6 Å². The molecule has 0 aromatic heterocycles. The van der Waals surface area contributed by atoms with E-state index < -0.39 is 0 Å². The predicted molar refractivity (Wildman–Crippen MR) is 73.3 cm³/mol. The van der Waals surface area contributed by atoms with Crippen molar-refractivity contribution in [3.8, 4) is 0 Å². The molecule has 0 bridgehead atoms. The number of carbonyl (C=O) groups excluding carboxylic acids is 2. The summed E-state index contributed by atoms with van der Waals surface area (Å²) in [7, 11) is 0. The fraction of sp³-hybridized carbons (Fsp3) is 0.143. The monoisotopic (exact) mass is 244 g/mol. The highest BCUT2D eigenvalue weighted by atomic mass is 16.2. The molecule has 0 heterocycles. The van der Waals surface area contributed by atoms with E-state index in [1.165, 1.54) is 13.0 Å². The Morgan fingerprint density at radius 2 is 1.78 bits per heavy atom. The van der Waals surface area contributed by atoms with Gasteiger partial charge in [0, 0.05) is 24.4 Å². The molecule has 1 aromatic rings. The van der Waals surface area contributed by atoms with Crippen LogP contribution in [-0.4, -0.2) is 11.8 Å². The molecule has 0 saturated heterocycles. The molecule has 0 fully saturated rings. The van der Waals surface area contributed by atoms with Gasteiger partial charge < -0.3 is 10.6 Å². The molecule has 0 aliphatic rings. The van der Waals surface area contributed by atoms with Crippen LogP contribution in [0.5, 0.6) is 0 Å². The zero-order valence-corrected chi connectivity index (χ0v) is 10.4. The van der Waals surface area contributed by atoms with Gasteiger partial charge in [0.25, 0.3) is 0 Å². The summed E-state index contributed by atoms with van der Waals surface area (Å²) in [4.78, 5) is 22.4. The summed E-state index contributed by atoms with van der Waals surface area (Å²) in [6, 6.07) is 6.97. The maximum atomic E-state index is 11.5. The van der Waals surface area contributed by atoms with Gasteiger partial charge in [0.1, 0.15) is 0 Å². The van der Waals surface area contributed by atoms with Gasteiger partial charge in [-0.05, 0) is 25.1 Å². The summed E-state index contributed by atoms with van der Waals surface area (Å²) < 4.78 is 0. The fourth-order valence-electron chi connectivity index (χ4n) is 1.32. The third-order valence-electron chi connectivity index (χ3n) is 2.00. The molecular formula is C14H16N2O2. The van der Waals surface area contributed by atoms with Crippen LogP contribution in [0.4, 0.5) is 11.4 Å². The van der Waals surface area contributed by atoms with Crippen LogP contribution in [0.3, 0.4) is 0 Å². The van der Waals surface area contributed by atoms with E-state index in [1.54, 1.807) is 36.4 Å². The molecule has 0 saturated carbocycles. The molecule has 2 N–H and O–H groups in total. The van der Waals surface area contributed by atoms with Gasteiger partial charge in [-0.2, -0.15) is 0 Å². The Hall–Kier alpha value is -2.36. The molecule has 94 valence electrons. The summed E-state index contributed by atoms with van der Waals surface area (Å²) in [6.45, 7) is 3.31. The molecule has 0 radical (unpaired) electrons. The first-order valence-corrected chi connectivity index (χ1v) is 5.60. The minimum Gasteiger partial charge on any atom is -0.326 e. The molecule has 0 aliphatic heterocycles. The van der Waals surface area contributed by atoms with Gasteiger partial charge in [-0.1, -0.05) is 24.3 Å². The summed E-state index contributed by atoms with van der Waals surface area (Å²) in [6.07, 6.45) is 6.70. The highest BCUT2D eigenvalue weighted by Gasteiger charge is 2.00. The summed E-state index contributed by atoms with van der Waals surface area (Å²) in [5, 5.41) is 5.35. The average Bonchev–Trinajstić information content (AvgIpc) is 2.28.